The van der Waals surface area contributed by atoms with Gasteiger partial charge >= 0.3 is 5.97 Å². The number of aliphatic carboxylic acids is 1. The standard InChI is InChI=1S/C15H16N2O4S/c1-3-17-14(21)10(8-11(18)19)12(15(17)22-2)13(20)9-4-6-16-7-5-9/h4-7,15H,3,8H2,1-2H3,(H,18,19)/t15-/m0/s1. The molecule has 1 aliphatic rings. The number of amides is 1. The zero-order valence-corrected chi connectivity index (χ0v) is 13.1. The molecule has 0 aliphatic carbocycles. The SMILES string of the molecule is CCN1C(=O)C(CC(=O)O)=C(C(=O)c2ccncc2)[C@@H]1SC. The van der Waals surface area contributed by atoms with Crippen molar-refractivity contribution in [2.75, 3.05) is 12.8 Å². The Hall–Kier alpha value is -2.15. The molecule has 22 heavy (non-hydrogen) atoms. The summed E-state index contributed by atoms with van der Waals surface area (Å²) >= 11 is 1.35. The Morgan fingerprint density at radius 1 is 1.36 bits per heavy atom. The zero-order chi connectivity index (χ0) is 16.3. The van der Waals surface area contributed by atoms with E-state index in [2.05, 4.69) is 4.98 Å². The van der Waals surface area contributed by atoms with Crippen molar-refractivity contribution in [3.05, 3.63) is 41.2 Å². The molecule has 0 saturated heterocycles. The van der Waals surface area contributed by atoms with E-state index in [1.54, 1.807) is 25.3 Å². The predicted octanol–water partition coefficient (Wildman–Crippen LogP) is 1.59. The lowest BCUT2D eigenvalue weighted by Crippen LogP contribution is -2.34. The third-order valence-electron chi connectivity index (χ3n) is 3.45. The minimum absolute atomic E-state index is 0.0792. The summed E-state index contributed by atoms with van der Waals surface area (Å²) in [6.45, 7) is 2.22. The second-order valence-corrected chi connectivity index (χ2v) is 5.62. The van der Waals surface area contributed by atoms with Gasteiger partial charge in [-0.15, -0.1) is 11.8 Å². The highest BCUT2D eigenvalue weighted by Gasteiger charge is 2.41. The number of nitrogens with zero attached hydrogens (tertiary/aromatic N) is 2. The molecule has 2 heterocycles. The molecule has 1 atom stereocenters. The summed E-state index contributed by atoms with van der Waals surface area (Å²) in [6.07, 6.45) is 4.34. The fourth-order valence-corrected chi connectivity index (χ4v) is 3.47. The van der Waals surface area contributed by atoms with Gasteiger partial charge in [0, 0.05) is 35.6 Å². The van der Waals surface area contributed by atoms with E-state index < -0.39 is 17.8 Å². The molecule has 1 aromatic heterocycles. The molecule has 1 N–H and O–H groups in total. The van der Waals surface area contributed by atoms with Gasteiger partial charge < -0.3 is 10.0 Å². The molecule has 6 nitrogen and oxygen atoms in total. The number of hydrogen-bond acceptors (Lipinski definition) is 5. The van der Waals surface area contributed by atoms with E-state index in [-0.39, 0.29) is 22.8 Å². The van der Waals surface area contributed by atoms with E-state index in [0.717, 1.165) is 0 Å². The average Bonchev–Trinajstić information content (AvgIpc) is 2.78. The molecule has 1 amide bonds. The molecule has 0 bridgehead atoms. The third kappa shape index (κ3) is 2.89. The van der Waals surface area contributed by atoms with Crippen LogP contribution in [0.3, 0.4) is 0 Å². The number of carboxylic acid groups (broad SMARTS) is 1. The Kier molecular flexibility index (Phi) is 4.97. The van der Waals surface area contributed by atoms with Gasteiger partial charge in [-0.05, 0) is 25.3 Å². The molecule has 1 aromatic rings. The molecule has 1 aliphatic heterocycles. The lowest BCUT2D eigenvalue weighted by molar-refractivity contribution is -0.137. The lowest BCUT2D eigenvalue weighted by atomic mass is 9.99. The van der Waals surface area contributed by atoms with Crippen molar-refractivity contribution >= 4 is 29.4 Å². The minimum atomic E-state index is -1.12. The second kappa shape index (κ2) is 6.74. The van der Waals surface area contributed by atoms with Crippen molar-refractivity contribution in [2.24, 2.45) is 0 Å². The monoisotopic (exact) mass is 320 g/mol. The summed E-state index contributed by atoms with van der Waals surface area (Å²) in [5, 5.41) is 8.60. The second-order valence-electron chi connectivity index (χ2n) is 4.71. The molecule has 0 fully saturated rings. The number of carbonyl (C=O) groups is 3. The first-order valence-corrected chi connectivity index (χ1v) is 8.03. The van der Waals surface area contributed by atoms with Gasteiger partial charge in [0.25, 0.3) is 5.91 Å². The zero-order valence-electron chi connectivity index (χ0n) is 12.3. The van der Waals surface area contributed by atoms with Crippen LogP contribution < -0.4 is 0 Å². The Morgan fingerprint density at radius 2 is 2.00 bits per heavy atom. The Bertz CT molecular complexity index is 642. The minimum Gasteiger partial charge on any atom is -0.481 e. The number of rotatable bonds is 6. The van der Waals surface area contributed by atoms with Crippen molar-refractivity contribution < 1.29 is 19.5 Å². The largest absolute Gasteiger partial charge is 0.481 e. The van der Waals surface area contributed by atoms with Gasteiger partial charge in [0.2, 0.25) is 0 Å². The highest BCUT2D eigenvalue weighted by Crippen LogP contribution is 2.35. The van der Waals surface area contributed by atoms with Crippen LogP contribution >= 0.6 is 11.8 Å². The Labute approximate surface area is 132 Å². The van der Waals surface area contributed by atoms with Crippen molar-refractivity contribution in [1.29, 1.82) is 0 Å². The summed E-state index contributed by atoms with van der Waals surface area (Å²) in [7, 11) is 0. The maximum atomic E-state index is 12.7. The number of likely N-dealkylation sites (N-methyl/N-ethyl adjacent to an activating group) is 1. The van der Waals surface area contributed by atoms with Crippen molar-refractivity contribution in [3.8, 4) is 0 Å². The van der Waals surface area contributed by atoms with Gasteiger partial charge in [0.05, 0.1) is 6.42 Å². The number of hydrogen-bond donors (Lipinski definition) is 1. The van der Waals surface area contributed by atoms with E-state index >= 15 is 0 Å². The number of Topliss-reactive ketones (excluding diaryl/α,β-unsaturated/α-hetero) is 1. The van der Waals surface area contributed by atoms with Crippen LogP contribution in [0.15, 0.2) is 35.7 Å². The molecular weight excluding hydrogens is 304 g/mol. The Morgan fingerprint density at radius 3 is 2.50 bits per heavy atom. The maximum absolute atomic E-state index is 12.7. The molecule has 7 heteroatoms. The van der Waals surface area contributed by atoms with Crippen LogP contribution in [0.5, 0.6) is 0 Å². The highest BCUT2D eigenvalue weighted by atomic mass is 32.2. The first-order chi connectivity index (χ1) is 10.5. The van der Waals surface area contributed by atoms with Crippen LogP contribution in [0.2, 0.25) is 0 Å². The molecular formula is C15H16N2O4S. The fourth-order valence-electron chi connectivity index (χ4n) is 2.48. The quantitative estimate of drug-likeness (QED) is 0.801. The van der Waals surface area contributed by atoms with Gasteiger partial charge in [0.15, 0.2) is 5.78 Å². The first kappa shape index (κ1) is 16.2. The Balaban J connectivity index is 2.53. The van der Waals surface area contributed by atoms with Crippen LogP contribution in [0, 0.1) is 0 Å². The van der Waals surface area contributed by atoms with Crippen LogP contribution in [-0.2, 0) is 9.59 Å². The van der Waals surface area contributed by atoms with Gasteiger partial charge in [0.1, 0.15) is 5.37 Å². The molecule has 116 valence electrons. The predicted molar refractivity (Wildman–Crippen MR) is 82.5 cm³/mol. The molecule has 0 unspecified atom stereocenters. The number of carboxylic acids is 1. The van der Waals surface area contributed by atoms with E-state index in [1.165, 1.54) is 29.1 Å². The van der Waals surface area contributed by atoms with Gasteiger partial charge in [-0.25, -0.2) is 0 Å². The smallest absolute Gasteiger partial charge is 0.308 e. The van der Waals surface area contributed by atoms with E-state index in [1.807, 2.05) is 0 Å². The van der Waals surface area contributed by atoms with E-state index in [4.69, 9.17) is 5.11 Å². The summed E-state index contributed by atoms with van der Waals surface area (Å²) in [5.74, 6) is -1.81. The number of aromatic nitrogens is 1. The number of ketones is 1. The van der Waals surface area contributed by atoms with Crippen molar-refractivity contribution in [1.82, 2.24) is 9.88 Å². The fraction of sp³-hybridized carbons (Fsp3) is 0.333. The van der Waals surface area contributed by atoms with Crippen molar-refractivity contribution in [3.63, 3.8) is 0 Å². The molecule has 0 aromatic carbocycles. The molecule has 2 rings (SSSR count). The van der Waals surface area contributed by atoms with Crippen LogP contribution in [0.25, 0.3) is 0 Å². The van der Waals surface area contributed by atoms with Crippen LogP contribution in [0.4, 0.5) is 0 Å². The summed E-state index contributed by atoms with van der Waals surface area (Å²) in [6, 6.07) is 3.12. The number of pyridine rings is 1. The summed E-state index contributed by atoms with van der Waals surface area (Å²) in [5.41, 5.74) is 0.751. The van der Waals surface area contributed by atoms with Crippen LogP contribution in [-0.4, -0.2) is 50.8 Å². The van der Waals surface area contributed by atoms with Gasteiger partial charge in [-0.3, -0.25) is 19.4 Å². The number of carbonyl (C=O) groups excluding carboxylic acids is 2. The highest BCUT2D eigenvalue weighted by molar-refractivity contribution is 7.99. The van der Waals surface area contributed by atoms with E-state index in [9.17, 15) is 14.4 Å². The molecule has 0 spiro atoms. The van der Waals surface area contributed by atoms with Crippen molar-refractivity contribution in [2.45, 2.75) is 18.7 Å². The third-order valence-corrected chi connectivity index (χ3v) is 4.39. The number of thioether (sulfide) groups is 1. The molecule has 0 radical (unpaired) electrons. The topological polar surface area (TPSA) is 87.6 Å². The van der Waals surface area contributed by atoms with E-state index in [0.29, 0.717) is 12.1 Å². The van der Waals surface area contributed by atoms with Gasteiger partial charge in [-0.1, -0.05) is 0 Å². The lowest BCUT2D eigenvalue weighted by Gasteiger charge is -2.23. The first-order valence-electron chi connectivity index (χ1n) is 6.74. The van der Waals surface area contributed by atoms with Gasteiger partial charge in [-0.2, -0.15) is 0 Å². The summed E-state index contributed by atoms with van der Waals surface area (Å²) in [4.78, 5) is 41.6. The normalized spacial score (nSPS) is 18.0. The van der Waals surface area contributed by atoms with Crippen LogP contribution in [0.1, 0.15) is 23.7 Å². The summed E-state index contributed by atoms with van der Waals surface area (Å²) < 4.78 is 0. The molecule has 0 saturated carbocycles. The average molecular weight is 320 g/mol. The maximum Gasteiger partial charge on any atom is 0.308 e.